The van der Waals surface area contributed by atoms with Crippen LogP contribution in [0.2, 0.25) is 5.02 Å². The molecule has 0 N–H and O–H groups in total. The molecule has 18 heavy (non-hydrogen) atoms. The Morgan fingerprint density at radius 2 is 1.83 bits per heavy atom. The minimum atomic E-state index is 0.356. The fourth-order valence-corrected chi connectivity index (χ4v) is 1.70. The molecule has 0 aliphatic rings. The van der Waals surface area contributed by atoms with E-state index in [4.69, 9.17) is 26.3 Å². The first kappa shape index (κ1) is 12.3. The Bertz CT molecular complexity index is 605. The average molecular weight is 260 g/mol. The zero-order chi connectivity index (χ0) is 13.0. The van der Waals surface area contributed by atoms with Crippen LogP contribution in [-0.4, -0.2) is 7.11 Å². The Hall–Kier alpha value is -2.18. The van der Waals surface area contributed by atoms with Gasteiger partial charge in [-0.1, -0.05) is 23.7 Å². The topological polar surface area (TPSA) is 42.2 Å². The molecule has 0 amide bonds. The summed E-state index contributed by atoms with van der Waals surface area (Å²) in [7, 11) is 1.58. The van der Waals surface area contributed by atoms with Crippen molar-refractivity contribution in [3.05, 3.63) is 53.1 Å². The van der Waals surface area contributed by atoms with Crippen LogP contribution in [0.4, 0.5) is 0 Å². The monoisotopic (exact) mass is 259 g/mol. The van der Waals surface area contributed by atoms with Gasteiger partial charge in [0, 0.05) is 6.07 Å². The third kappa shape index (κ3) is 2.55. The fourth-order valence-electron chi connectivity index (χ4n) is 1.48. The van der Waals surface area contributed by atoms with Crippen molar-refractivity contribution < 1.29 is 9.47 Å². The maximum Gasteiger partial charge on any atom is 0.163 e. The summed E-state index contributed by atoms with van der Waals surface area (Å²) in [4.78, 5) is 0. The van der Waals surface area contributed by atoms with Crippen molar-refractivity contribution in [2.45, 2.75) is 0 Å². The molecule has 90 valence electrons. The molecule has 0 aliphatic heterocycles. The van der Waals surface area contributed by atoms with E-state index in [9.17, 15) is 0 Å². The predicted octanol–water partition coefficient (Wildman–Crippen LogP) is 4.01. The lowest BCUT2D eigenvalue weighted by molar-refractivity contribution is 0.409. The van der Waals surface area contributed by atoms with Crippen molar-refractivity contribution in [2.75, 3.05) is 7.11 Å². The number of para-hydroxylation sites is 1. The Morgan fingerprint density at radius 3 is 2.56 bits per heavy atom. The van der Waals surface area contributed by atoms with Crippen LogP contribution in [-0.2, 0) is 0 Å². The van der Waals surface area contributed by atoms with Gasteiger partial charge in [-0.3, -0.25) is 0 Å². The van der Waals surface area contributed by atoms with Crippen LogP contribution in [0, 0.1) is 11.3 Å². The highest BCUT2D eigenvalue weighted by Gasteiger charge is 2.09. The quantitative estimate of drug-likeness (QED) is 0.836. The maximum atomic E-state index is 9.01. The van der Waals surface area contributed by atoms with E-state index < -0.39 is 0 Å². The highest BCUT2D eigenvalue weighted by Crippen LogP contribution is 2.33. The van der Waals surface area contributed by atoms with Crippen LogP contribution in [0.5, 0.6) is 17.2 Å². The van der Waals surface area contributed by atoms with Crippen molar-refractivity contribution >= 4 is 11.6 Å². The number of hydrogen-bond acceptors (Lipinski definition) is 3. The molecular formula is C14H10ClNO2. The molecule has 0 atom stereocenters. The van der Waals surface area contributed by atoms with Gasteiger partial charge in [-0.2, -0.15) is 5.26 Å². The average Bonchev–Trinajstić information content (AvgIpc) is 2.41. The number of hydrogen-bond donors (Lipinski definition) is 0. The molecule has 0 spiro atoms. The van der Waals surface area contributed by atoms with Crippen molar-refractivity contribution in [2.24, 2.45) is 0 Å². The van der Waals surface area contributed by atoms with E-state index in [1.807, 2.05) is 12.1 Å². The lowest BCUT2D eigenvalue weighted by atomic mass is 10.2. The molecular weight excluding hydrogens is 250 g/mol. The van der Waals surface area contributed by atoms with Crippen molar-refractivity contribution in [3.63, 3.8) is 0 Å². The first-order valence-electron chi connectivity index (χ1n) is 5.25. The van der Waals surface area contributed by atoms with Gasteiger partial charge in [-0.05, 0) is 24.3 Å². The molecule has 2 aromatic rings. The normalized spacial score (nSPS) is 9.61. The van der Waals surface area contributed by atoms with E-state index in [1.54, 1.807) is 43.5 Å². The summed E-state index contributed by atoms with van der Waals surface area (Å²) in [5, 5.41) is 9.41. The molecule has 2 rings (SSSR count). The van der Waals surface area contributed by atoms with E-state index in [2.05, 4.69) is 0 Å². The van der Waals surface area contributed by atoms with Gasteiger partial charge in [0.2, 0.25) is 0 Å². The zero-order valence-corrected chi connectivity index (χ0v) is 10.4. The molecule has 0 unspecified atom stereocenters. The predicted molar refractivity (Wildman–Crippen MR) is 69.2 cm³/mol. The largest absolute Gasteiger partial charge is 0.497 e. The summed E-state index contributed by atoms with van der Waals surface area (Å²) < 4.78 is 10.7. The van der Waals surface area contributed by atoms with E-state index in [-0.39, 0.29) is 0 Å². The molecule has 2 aromatic carbocycles. The molecule has 0 fully saturated rings. The van der Waals surface area contributed by atoms with Gasteiger partial charge in [0.05, 0.1) is 17.7 Å². The Labute approximate surface area is 110 Å². The van der Waals surface area contributed by atoms with Gasteiger partial charge < -0.3 is 9.47 Å². The molecule has 0 bridgehead atoms. The lowest BCUT2D eigenvalue weighted by Gasteiger charge is -2.09. The first-order valence-corrected chi connectivity index (χ1v) is 5.63. The molecule has 4 heteroatoms. The van der Waals surface area contributed by atoms with Crippen LogP contribution in [0.15, 0.2) is 42.5 Å². The van der Waals surface area contributed by atoms with Crippen molar-refractivity contribution in [1.29, 1.82) is 5.26 Å². The second-order valence-corrected chi connectivity index (χ2v) is 3.92. The Morgan fingerprint density at radius 1 is 1.11 bits per heavy atom. The Balaban J connectivity index is 2.37. The minimum Gasteiger partial charge on any atom is -0.497 e. The van der Waals surface area contributed by atoms with E-state index in [0.717, 1.165) is 0 Å². The molecule has 0 aromatic heterocycles. The summed E-state index contributed by atoms with van der Waals surface area (Å²) >= 11 is 6.02. The summed E-state index contributed by atoms with van der Waals surface area (Å²) in [6.45, 7) is 0. The summed E-state index contributed by atoms with van der Waals surface area (Å²) in [5.41, 5.74) is 0.394. The van der Waals surface area contributed by atoms with Gasteiger partial charge in [-0.15, -0.1) is 0 Å². The second kappa shape index (κ2) is 5.44. The molecule has 0 saturated carbocycles. The standard InChI is InChI=1S/C14H10ClNO2/c1-17-11-5-3-6-12(8-11)18-14-10(9-16)4-2-7-13(14)15/h2-8H,1H3. The summed E-state index contributed by atoms with van der Waals surface area (Å²) in [5.74, 6) is 1.60. The SMILES string of the molecule is COc1cccc(Oc2c(Cl)cccc2C#N)c1. The fraction of sp³-hybridized carbons (Fsp3) is 0.0714. The van der Waals surface area contributed by atoms with Crippen LogP contribution in [0.25, 0.3) is 0 Å². The number of methoxy groups -OCH3 is 1. The van der Waals surface area contributed by atoms with Gasteiger partial charge >= 0.3 is 0 Å². The van der Waals surface area contributed by atoms with E-state index >= 15 is 0 Å². The smallest absolute Gasteiger partial charge is 0.163 e. The van der Waals surface area contributed by atoms with Crippen LogP contribution in [0.3, 0.4) is 0 Å². The molecule has 3 nitrogen and oxygen atoms in total. The zero-order valence-electron chi connectivity index (χ0n) is 9.68. The first-order chi connectivity index (χ1) is 8.74. The van der Waals surface area contributed by atoms with Crippen molar-refractivity contribution in [1.82, 2.24) is 0 Å². The highest BCUT2D eigenvalue weighted by atomic mass is 35.5. The molecule has 0 saturated heterocycles. The maximum absolute atomic E-state index is 9.01. The van der Waals surface area contributed by atoms with Gasteiger partial charge in [0.1, 0.15) is 17.6 Å². The van der Waals surface area contributed by atoms with Gasteiger partial charge in [0.25, 0.3) is 0 Å². The number of benzene rings is 2. The van der Waals surface area contributed by atoms with Crippen LogP contribution >= 0.6 is 11.6 Å². The van der Waals surface area contributed by atoms with Crippen LogP contribution < -0.4 is 9.47 Å². The third-order valence-electron chi connectivity index (χ3n) is 2.35. The molecule has 0 heterocycles. The third-order valence-corrected chi connectivity index (χ3v) is 2.65. The minimum absolute atomic E-state index is 0.356. The van der Waals surface area contributed by atoms with Gasteiger partial charge in [0.15, 0.2) is 5.75 Å². The summed E-state index contributed by atoms with van der Waals surface area (Å²) in [6.07, 6.45) is 0. The number of nitrogens with zero attached hydrogens (tertiary/aromatic N) is 1. The molecule has 0 radical (unpaired) electrons. The molecule has 0 aliphatic carbocycles. The highest BCUT2D eigenvalue weighted by molar-refractivity contribution is 6.32. The van der Waals surface area contributed by atoms with Gasteiger partial charge in [-0.25, -0.2) is 0 Å². The van der Waals surface area contributed by atoms with E-state index in [0.29, 0.717) is 27.8 Å². The van der Waals surface area contributed by atoms with Crippen LogP contribution in [0.1, 0.15) is 5.56 Å². The van der Waals surface area contributed by atoms with Crippen molar-refractivity contribution in [3.8, 4) is 23.3 Å². The second-order valence-electron chi connectivity index (χ2n) is 3.51. The number of nitriles is 1. The van der Waals surface area contributed by atoms with E-state index in [1.165, 1.54) is 0 Å². The summed E-state index contributed by atoms with van der Waals surface area (Å²) in [6, 6.07) is 14.2. The Kier molecular flexibility index (Phi) is 3.71. The number of rotatable bonds is 3. The number of halogens is 1. The number of ether oxygens (including phenoxy) is 2. The lowest BCUT2D eigenvalue weighted by Crippen LogP contribution is -1.90.